The standard InChI is InChI=1S/C10H17N5O2/c1-15(6-3-7-17-2)10-12-5-4-8(13-10)9(11)14-16/h4-5,16H,3,6-7H2,1-2H3,(H2,11,14). The minimum absolute atomic E-state index is 0.0288. The van der Waals surface area contributed by atoms with Gasteiger partial charge >= 0.3 is 0 Å². The summed E-state index contributed by atoms with van der Waals surface area (Å²) in [5.74, 6) is 0.504. The summed E-state index contributed by atoms with van der Waals surface area (Å²) in [5, 5.41) is 11.5. The average Bonchev–Trinajstić information content (AvgIpc) is 2.38. The van der Waals surface area contributed by atoms with Gasteiger partial charge in [-0.25, -0.2) is 9.97 Å². The lowest BCUT2D eigenvalue weighted by Crippen LogP contribution is -2.24. The molecule has 0 unspecified atom stereocenters. The maximum absolute atomic E-state index is 8.56. The van der Waals surface area contributed by atoms with Crippen molar-refractivity contribution in [3.8, 4) is 0 Å². The Balaban J connectivity index is 2.70. The van der Waals surface area contributed by atoms with E-state index in [0.717, 1.165) is 13.0 Å². The Morgan fingerprint density at radius 2 is 2.41 bits per heavy atom. The molecule has 0 saturated heterocycles. The molecular weight excluding hydrogens is 222 g/mol. The molecule has 1 aromatic rings. The molecule has 0 atom stereocenters. The Morgan fingerprint density at radius 3 is 3.06 bits per heavy atom. The molecule has 0 saturated carbocycles. The second-order valence-electron chi connectivity index (χ2n) is 3.50. The Hall–Kier alpha value is -1.89. The summed E-state index contributed by atoms with van der Waals surface area (Å²) in [6.07, 6.45) is 2.45. The predicted octanol–water partition coefficient (Wildman–Crippen LogP) is 0.0438. The molecule has 1 heterocycles. The van der Waals surface area contributed by atoms with E-state index < -0.39 is 0 Å². The van der Waals surface area contributed by atoms with Crippen LogP contribution in [0.2, 0.25) is 0 Å². The van der Waals surface area contributed by atoms with Crippen LogP contribution in [0.3, 0.4) is 0 Å². The quantitative estimate of drug-likeness (QED) is 0.239. The summed E-state index contributed by atoms with van der Waals surface area (Å²) in [6, 6.07) is 1.58. The predicted molar refractivity (Wildman–Crippen MR) is 64.3 cm³/mol. The number of ether oxygens (including phenoxy) is 1. The minimum atomic E-state index is -0.0288. The summed E-state index contributed by atoms with van der Waals surface area (Å²) >= 11 is 0. The zero-order valence-corrected chi connectivity index (χ0v) is 10.00. The molecule has 0 aliphatic carbocycles. The Morgan fingerprint density at radius 1 is 1.65 bits per heavy atom. The van der Waals surface area contributed by atoms with Crippen molar-refractivity contribution in [2.75, 3.05) is 32.2 Å². The van der Waals surface area contributed by atoms with E-state index in [1.165, 1.54) is 0 Å². The van der Waals surface area contributed by atoms with Crippen LogP contribution < -0.4 is 10.6 Å². The van der Waals surface area contributed by atoms with Gasteiger partial charge in [0.15, 0.2) is 5.84 Å². The SMILES string of the molecule is COCCCN(C)c1nccc(/C(N)=N/O)n1. The van der Waals surface area contributed by atoms with Crippen LogP contribution in [0.1, 0.15) is 12.1 Å². The van der Waals surface area contributed by atoms with Crippen molar-refractivity contribution in [1.29, 1.82) is 0 Å². The molecule has 0 aromatic carbocycles. The van der Waals surface area contributed by atoms with Crippen LogP contribution in [-0.4, -0.2) is 48.3 Å². The fraction of sp³-hybridized carbons (Fsp3) is 0.500. The topological polar surface area (TPSA) is 96.9 Å². The normalized spacial score (nSPS) is 11.5. The molecule has 7 heteroatoms. The first-order chi connectivity index (χ1) is 8.19. The number of hydrogen-bond acceptors (Lipinski definition) is 6. The zero-order chi connectivity index (χ0) is 12.7. The van der Waals surface area contributed by atoms with Crippen LogP contribution in [0.15, 0.2) is 17.4 Å². The van der Waals surface area contributed by atoms with Gasteiger partial charge in [-0.2, -0.15) is 0 Å². The molecule has 7 nitrogen and oxygen atoms in total. The molecule has 0 amide bonds. The van der Waals surface area contributed by atoms with Gasteiger partial charge in [-0.3, -0.25) is 0 Å². The number of hydrogen-bond donors (Lipinski definition) is 2. The molecule has 0 radical (unpaired) electrons. The van der Waals surface area contributed by atoms with Gasteiger partial charge in [0.05, 0.1) is 0 Å². The van der Waals surface area contributed by atoms with Gasteiger partial charge < -0.3 is 20.6 Å². The van der Waals surface area contributed by atoms with E-state index >= 15 is 0 Å². The van der Waals surface area contributed by atoms with E-state index in [-0.39, 0.29) is 5.84 Å². The van der Waals surface area contributed by atoms with E-state index in [0.29, 0.717) is 18.2 Å². The second-order valence-corrected chi connectivity index (χ2v) is 3.50. The molecule has 94 valence electrons. The fourth-order valence-electron chi connectivity index (χ4n) is 1.27. The van der Waals surface area contributed by atoms with Gasteiger partial charge in [-0.1, -0.05) is 5.16 Å². The molecule has 0 aliphatic rings. The van der Waals surface area contributed by atoms with E-state index in [1.807, 2.05) is 11.9 Å². The molecular formula is C10H17N5O2. The monoisotopic (exact) mass is 239 g/mol. The molecule has 0 bridgehead atoms. The second kappa shape index (κ2) is 6.64. The fourth-order valence-corrected chi connectivity index (χ4v) is 1.27. The first-order valence-corrected chi connectivity index (χ1v) is 5.20. The Bertz CT molecular complexity index is 383. The maximum atomic E-state index is 8.56. The van der Waals surface area contributed by atoms with Crippen LogP contribution in [0.5, 0.6) is 0 Å². The van der Waals surface area contributed by atoms with Gasteiger partial charge in [0.25, 0.3) is 0 Å². The highest BCUT2D eigenvalue weighted by molar-refractivity contribution is 5.95. The van der Waals surface area contributed by atoms with Crippen molar-refractivity contribution >= 4 is 11.8 Å². The molecule has 0 fully saturated rings. The van der Waals surface area contributed by atoms with Gasteiger partial charge in [0.1, 0.15) is 5.69 Å². The number of anilines is 1. The van der Waals surface area contributed by atoms with Crippen molar-refractivity contribution in [3.05, 3.63) is 18.0 Å². The average molecular weight is 239 g/mol. The Kier molecular flexibility index (Phi) is 5.15. The zero-order valence-electron chi connectivity index (χ0n) is 10.00. The van der Waals surface area contributed by atoms with Crippen molar-refractivity contribution < 1.29 is 9.94 Å². The summed E-state index contributed by atoms with van der Waals surface area (Å²) in [4.78, 5) is 10.2. The third kappa shape index (κ3) is 3.87. The Labute approximate surface area is 99.9 Å². The third-order valence-electron chi connectivity index (χ3n) is 2.20. The number of nitrogens with two attached hydrogens (primary N) is 1. The molecule has 3 N–H and O–H groups in total. The highest BCUT2D eigenvalue weighted by Gasteiger charge is 2.07. The number of rotatable bonds is 6. The molecule has 1 aromatic heterocycles. The largest absolute Gasteiger partial charge is 0.409 e. The molecule has 17 heavy (non-hydrogen) atoms. The van der Waals surface area contributed by atoms with Crippen molar-refractivity contribution in [3.63, 3.8) is 0 Å². The summed E-state index contributed by atoms with van der Waals surface area (Å²) in [6.45, 7) is 1.46. The van der Waals surface area contributed by atoms with Crippen LogP contribution in [-0.2, 0) is 4.74 Å². The smallest absolute Gasteiger partial charge is 0.225 e. The lowest BCUT2D eigenvalue weighted by Gasteiger charge is -2.16. The van der Waals surface area contributed by atoms with Gasteiger partial charge in [0.2, 0.25) is 5.95 Å². The third-order valence-corrected chi connectivity index (χ3v) is 2.20. The van der Waals surface area contributed by atoms with Crippen LogP contribution in [0.25, 0.3) is 0 Å². The summed E-state index contributed by atoms with van der Waals surface area (Å²) in [7, 11) is 3.54. The van der Waals surface area contributed by atoms with Gasteiger partial charge in [-0.15, -0.1) is 0 Å². The number of aromatic nitrogens is 2. The maximum Gasteiger partial charge on any atom is 0.225 e. The number of nitrogens with zero attached hydrogens (tertiary/aromatic N) is 4. The van der Waals surface area contributed by atoms with E-state index in [4.69, 9.17) is 15.7 Å². The first-order valence-electron chi connectivity index (χ1n) is 5.20. The molecule has 1 rings (SSSR count). The van der Waals surface area contributed by atoms with Crippen LogP contribution >= 0.6 is 0 Å². The van der Waals surface area contributed by atoms with E-state index in [1.54, 1.807) is 19.4 Å². The van der Waals surface area contributed by atoms with Crippen molar-refractivity contribution in [2.45, 2.75) is 6.42 Å². The minimum Gasteiger partial charge on any atom is -0.409 e. The summed E-state index contributed by atoms with van der Waals surface area (Å²) in [5.41, 5.74) is 5.86. The van der Waals surface area contributed by atoms with Gasteiger partial charge in [-0.05, 0) is 12.5 Å². The van der Waals surface area contributed by atoms with Crippen molar-refractivity contribution in [1.82, 2.24) is 9.97 Å². The number of oxime groups is 1. The van der Waals surface area contributed by atoms with Crippen molar-refractivity contribution in [2.24, 2.45) is 10.9 Å². The lowest BCUT2D eigenvalue weighted by molar-refractivity contribution is 0.196. The molecule has 0 aliphatic heterocycles. The van der Waals surface area contributed by atoms with E-state index in [2.05, 4.69) is 15.1 Å². The highest BCUT2D eigenvalue weighted by atomic mass is 16.5. The van der Waals surface area contributed by atoms with Crippen LogP contribution in [0, 0.1) is 0 Å². The van der Waals surface area contributed by atoms with Gasteiger partial charge in [0, 0.05) is 33.5 Å². The number of amidine groups is 1. The number of methoxy groups -OCH3 is 1. The van der Waals surface area contributed by atoms with Crippen LogP contribution in [0.4, 0.5) is 5.95 Å². The molecule has 0 spiro atoms. The van der Waals surface area contributed by atoms with E-state index in [9.17, 15) is 0 Å². The summed E-state index contributed by atoms with van der Waals surface area (Å²) < 4.78 is 4.97. The first kappa shape index (κ1) is 13.2. The highest BCUT2D eigenvalue weighted by Crippen LogP contribution is 2.05. The lowest BCUT2D eigenvalue weighted by atomic mass is 10.4.